The third-order valence-corrected chi connectivity index (χ3v) is 4.94. The number of nitrogens with one attached hydrogen (secondary N) is 2. The first kappa shape index (κ1) is 16.4. The van der Waals surface area contributed by atoms with Crippen LogP contribution in [0.2, 0.25) is 0 Å². The van der Waals surface area contributed by atoms with Gasteiger partial charge < -0.3 is 10.3 Å². The van der Waals surface area contributed by atoms with E-state index in [1.54, 1.807) is 6.33 Å². The highest BCUT2D eigenvalue weighted by Gasteiger charge is 2.21. The molecule has 0 aliphatic carbocycles. The van der Waals surface area contributed by atoms with E-state index in [0.29, 0.717) is 11.5 Å². The van der Waals surface area contributed by atoms with Gasteiger partial charge in [-0.3, -0.25) is 4.40 Å². The van der Waals surface area contributed by atoms with E-state index in [0.717, 1.165) is 22.6 Å². The highest BCUT2D eigenvalue weighted by molar-refractivity contribution is 5.82. The molecule has 0 fully saturated rings. The van der Waals surface area contributed by atoms with Crippen molar-refractivity contribution in [2.24, 2.45) is 0 Å². The summed E-state index contributed by atoms with van der Waals surface area (Å²) in [4.78, 5) is 20.8. The van der Waals surface area contributed by atoms with Gasteiger partial charge in [-0.2, -0.15) is 0 Å². The topological polar surface area (TPSA) is 83.8 Å². The van der Waals surface area contributed by atoms with Crippen LogP contribution in [0.25, 0.3) is 28.1 Å². The van der Waals surface area contributed by atoms with Crippen molar-refractivity contribution >= 4 is 22.6 Å². The Hall–Kier alpha value is -3.74. The molecular formula is C21H19N7. The molecule has 0 aliphatic heterocycles. The number of nitrogens with zero attached hydrogens (tertiary/aromatic N) is 5. The fourth-order valence-electron chi connectivity index (χ4n) is 3.57. The Morgan fingerprint density at radius 3 is 2.79 bits per heavy atom. The van der Waals surface area contributed by atoms with Crippen LogP contribution in [-0.4, -0.2) is 29.3 Å². The van der Waals surface area contributed by atoms with Crippen molar-refractivity contribution in [3.05, 3.63) is 72.6 Å². The molecule has 5 rings (SSSR count). The Labute approximate surface area is 161 Å². The van der Waals surface area contributed by atoms with Crippen LogP contribution in [0.4, 0.5) is 5.82 Å². The minimum absolute atomic E-state index is 0.0732. The summed E-state index contributed by atoms with van der Waals surface area (Å²) in [6.45, 7) is 4.21. The minimum atomic E-state index is -0.0732. The van der Waals surface area contributed by atoms with Crippen molar-refractivity contribution in [2.75, 3.05) is 5.32 Å². The summed E-state index contributed by atoms with van der Waals surface area (Å²) in [7, 11) is 0. The molecule has 0 saturated carbocycles. The lowest BCUT2D eigenvalue weighted by Crippen LogP contribution is -2.10. The number of benzene rings is 1. The molecule has 4 heterocycles. The highest BCUT2D eigenvalue weighted by Crippen LogP contribution is 2.33. The fraction of sp³-hybridized carbons (Fsp3) is 0.143. The van der Waals surface area contributed by atoms with Gasteiger partial charge in [0.15, 0.2) is 11.5 Å². The maximum atomic E-state index is 4.93. The zero-order valence-electron chi connectivity index (χ0n) is 15.6. The summed E-state index contributed by atoms with van der Waals surface area (Å²) in [5.74, 6) is 0.711. The van der Waals surface area contributed by atoms with Crippen LogP contribution >= 0.6 is 0 Å². The second kappa shape index (κ2) is 6.45. The third-order valence-electron chi connectivity index (χ3n) is 4.94. The van der Waals surface area contributed by atoms with Crippen molar-refractivity contribution in [2.45, 2.75) is 19.9 Å². The smallest absolute Gasteiger partial charge is 0.182 e. The van der Waals surface area contributed by atoms with Crippen molar-refractivity contribution in [3.8, 4) is 11.3 Å². The van der Waals surface area contributed by atoms with Crippen LogP contribution in [0, 0.1) is 6.92 Å². The molecule has 0 saturated heterocycles. The van der Waals surface area contributed by atoms with Crippen LogP contribution < -0.4 is 5.32 Å². The van der Waals surface area contributed by atoms with Gasteiger partial charge in [-0.05, 0) is 31.5 Å². The Kier molecular flexibility index (Phi) is 3.79. The number of hydrogen-bond acceptors (Lipinski definition) is 5. The Bertz CT molecular complexity index is 1280. The molecule has 1 aromatic carbocycles. The van der Waals surface area contributed by atoms with Crippen molar-refractivity contribution in [1.29, 1.82) is 0 Å². The van der Waals surface area contributed by atoms with Crippen LogP contribution in [-0.2, 0) is 0 Å². The molecule has 0 spiro atoms. The Morgan fingerprint density at radius 2 is 1.89 bits per heavy atom. The van der Waals surface area contributed by atoms with Gasteiger partial charge in [0.05, 0.1) is 23.8 Å². The molecule has 1 atom stereocenters. The molecule has 5 aromatic rings. The predicted molar refractivity (Wildman–Crippen MR) is 109 cm³/mol. The number of aromatic nitrogens is 6. The van der Waals surface area contributed by atoms with Crippen LogP contribution in [0.1, 0.15) is 24.2 Å². The Morgan fingerprint density at radius 1 is 1.04 bits per heavy atom. The predicted octanol–water partition coefficient (Wildman–Crippen LogP) is 4.15. The summed E-state index contributed by atoms with van der Waals surface area (Å²) < 4.78 is 2.14. The number of aromatic amines is 1. The summed E-state index contributed by atoms with van der Waals surface area (Å²) in [6, 6.07) is 14.4. The standard InChI is InChI=1S/C21H19N7/c1-13-7-3-4-8-15(13)19-17(27-16-9-5-6-10-28(16)19)14(2)26-21-18-20(23-11-22-18)24-12-25-21/h3-12,14H,1-2H3,(H2,22,23,24,25,26). The first-order valence-corrected chi connectivity index (χ1v) is 9.16. The van der Waals surface area contributed by atoms with Crippen molar-refractivity contribution < 1.29 is 0 Å². The number of fused-ring (bicyclic) bond motifs is 2. The number of imidazole rings is 2. The van der Waals surface area contributed by atoms with E-state index in [1.807, 2.05) is 18.2 Å². The van der Waals surface area contributed by atoms with Crippen LogP contribution in [0.5, 0.6) is 0 Å². The molecule has 0 bridgehead atoms. The highest BCUT2D eigenvalue weighted by atomic mass is 15.1. The van der Waals surface area contributed by atoms with Gasteiger partial charge in [0.25, 0.3) is 0 Å². The SMILES string of the molecule is Cc1ccccc1-c1c(C(C)Nc2ncnc3nc[nH]c23)nc2ccccn12. The molecular weight excluding hydrogens is 350 g/mol. The second-order valence-electron chi connectivity index (χ2n) is 6.78. The first-order valence-electron chi connectivity index (χ1n) is 9.16. The number of hydrogen-bond donors (Lipinski definition) is 2. The van der Waals surface area contributed by atoms with E-state index in [9.17, 15) is 0 Å². The molecule has 28 heavy (non-hydrogen) atoms. The van der Waals surface area contributed by atoms with E-state index < -0.39 is 0 Å². The number of H-pyrrole nitrogens is 1. The molecule has 7 nitrogen and oxygen atoms in total. The minimum Gasteiger partial charge on any atom is -0.360 e. The van der Waals surface area contributed by atoms with E-state index in [4.69, 9.17) is 4.98 Å². The first-order chi connectivity index (χ1) is 13.7. The monoisotopic (exact) mass is 369 g/mol. The Balaban J connectivity index is 1.65. The molecule has 7 heteroatoms. The van der Waals surface area contributed by atoms with Gasteiger partial charge in [0.1, 0.15) is 17.5 Å². The lowest BCUT2D eigenvalue weighted by atomic mass is 10.0. The number of aryl methyl sites for hydroxylation is 1. The van der Waals surface area contributed by atoms with Gasteiger partial charge >= 0.3 is 0 Å². The molecule has 138 valence electrons. The largest absolute Gasteiger partial charge is 0.360 e. The average Bonchev–Trinajstić information content (AvgIpc) is 3.33. The molecule has 2 N–H and O–H groups in total. The van der Waals surface area contributed by atoms with Gasteiger partial charge in [0.2, 0.25) is 0 Å². The maximum absolute atomic E-state index is 4.93. The number of pyridine rings is 1. The quantitative estimate of drug-likeness (QED) is 0.497. The summed E-state index contributed by atoms with van der Waals surface area (Å²) in [6.07, 6.45) is 5.20. The third kappa shape index (κ3) is 2.60. The van der Waals surface area contributed by atoms with Crippen molar-refractivity contribution in [3.63, 3.8) is 0 Å². The van der Waals surface area contributed by atoms with Gasteiger partial charge in [-0.15, -0.1) is 0 Å². The van der Waals surface area contributed by atoms with E-state index in [-0.39, 0.29) is 6.04 Å². The maximum Gasteiger partial charge on any atom is 0.182 e. The van der Waals surface area contributed by atoms with E-state index in [2.05, 4.69) is 74.0 Å². The lowest BCUT2D eigenvalue weighted by Gasteiger charge is -2.16. The van der Waals surface area contributed by atoms with Gasteiger partial charge in [0, 0.05) is 11.8 Å². The van der Waals surface area contributed by atoms with Crippen LogP contribution in [0.3, 0.4) is 0 Å². The molecule has 0 amide bonds. The average molecular weight is 369 g/mol. The number of anilines is 1. The molecule has 1 unspecified atom stereocenters. The molecule has 0 radical (unpaired) electrons. The van der Waals surface area contributed by atoms with Crippen LogP contribution in [0.15, 0.2) is 61.3 Å². The lowest BCUT2D eigenvalue weighted by molar-refractivity contribution is 0.846. The van der Waals surface area contributed by atoms with Gasteiger partial charge in [-0.25, -0.2) is 19.9 Å². The molecule has 0 aliphatic rings. The second-order valence-corrected chi connectivity index (χ2v) is 6.78. The van der Waals surface area contributed by atoms with E-state index >= 15 is 0 Å². The fourth-order valence-corrected chi connectivity index (χ4v) is 3.57. The zero-order chi connectivity index (χ0) is 19.1. The van der Waals surface area contributed by atoms with Crippen molar-refractivity contribution in [1.82, 2.24) is 29.3 Å². The summed E-state index contributed by atoms with van der Waals surface area (Å²) >= 11 is 0. The summed E-state index contributed by atoms with van der Waals surface area (Å²) in [5, 5.41) is 3.48. The van der Waals surface area contributed by atoms with E-state index in [1.165, 1.54) is 17.5 Å². The van der Waals surface area contributed by atoms with Gasteiger partial charge in [-0.1, -0.05) is 30.3 Å². The summed E-state index contributed by atoms with van der Waals surface area (Å²) in [5.41, 5.74) is 6.77. The molecule has 4 aromatic heterocycles. The normalized spacial score (nSPS) is 12.5. The zero-order valence-corrected chi connectivity index (χ0v) is 15.6. The number of rotatable bonds is 4.